The molecule has 0 radical (unpaired) electrons. The maximum Gasteiger partial charge on any atom is 0.272 e. The summed E-state index contributed by atoms with van der Waals surface area (Å²) in [6, 6.07) is 1.71. The summed E-state index contributed by atoms with van der Waals surface area (Å²) >= 11 is 0. The second-order valence-electron chi connectivity index (χ2n) is 6.24. The molecular weight excluding hydrogens is 308 g/mol. The van der Waals surface area contributed by atoms with Crippen LogP contribution in [-0.2, 0) is 4.79 Å². The van der Waals surface area contributed by atoms with Gasteiger partial charge < -0.3 is 20.0 Å². The molecule has 0 atom stereocenters. The van der Waals surface area contributed by atoms with E-state index in [-0.39, 0.29) is 5.91 Å². The van der Waals surface area contributed by atoms with Crippen molar-refractivity contribution in [1.82, 2.24) is 24.7 Å². The van der Waals surface area contributed by atoms with Gasteiger partial charge in [-0.1, -0.05) is 0 Å². The lowest BCUT2D eigenvalue weighted by Gasteiger charge is -2.32. The summed E-state index contributed by atoms with van der Waals surface area (Å²) < 4.78 is 0. The van der Waals surface area contributed by atoms with Gasteiger partial charge >= 0.3 is 0 Å². The minimum Gasteiger partial charge on any atom is -0.354 e. The third-order valence-corrected chi connectivity index (χ3v) is 3.89. The zero-order valence-electron chi connectivity index (χ0n) is 14.7. The molecule has 0 saturated carbocycles. The second kappa shape index (κ2) is 8.58. The van der Waals surface area contributed by atoms with Crippen LogP contribution in [0.1, 0.15) is 22.6 Å². The number of nitrogens with one attached hydrogen (secondary N) is 1. The number of piperazine rings is 1. The van der Waals surface area contributed by atoms with E-state index in [9.17, 15) is 9.59 Å². The molecule has 1 saturated heterocycles. The molecule has 0 aromatic carbocycles. The molecule has 8 nitrogen and oxygen atoms in total. The number of aromatic nitrogens is 2. The molecule has 0 spiro atoms. The van der Waals surface area contributed by atoms with Gasteiger partial charge in [0.15, 0.2) is 0 Å². The first kappa shape index (κ1) is 18.1. The molecule has 2 amide bonds. The van der Waals surface area contributed by atoms with Crippen LogP contribution in [0, 0.1) is 6.92 Å². The minimum absolute atomic E-state index is 0.109. The number of anilines is 1. The van der Waals surface area contributed by atoms with E-state index in [4.69, 9.17) is 0 Å². The monoisotopic (exact) mass is 334 g/mol. The van der Waals surface area contributed by atoms with Crippen molar-refractivity contribution in [3.63, 3.8) is 0 Å². The van der Waals surface area contributed by atoms with Crippen molar-refractivity contribution >= 4 is 18.3 Å². The second-order valence-corrected chi connectivity index (χ2v) is 6.24. The molecular formula is C16H26N6O2. The first-order valence-corrected chi connectivity index (χ1v) is 8.22. The number of carbonyl (C=O) groups is 2. The zero-order chi connectivity index (χ0) is 17.5. The lowest BCUT2D eigenvalue weighted by atomic mass is 10.2. The number of nitrogens with zero attached hydrogens (tertiary/aromatic N) is 5. The largest absolute Gasteiger partial charge is 0.354 e. The third-order valence-electron chi connectivity index (χ3n) is 3.89. The number of rotatable bonds is 7. The van der Waals surface area contributed by atoms with Crippen LogP contribution in [-0.4, -0.2) is 90.3 Å². The van der Waals surface area contributed by atoms with Gasteiger partial charge in [0.25, 0.3) is 5.91 Å². The highest BCUT2D eigenvalue weighted by atomic mass is 16.2. The maximum atomic E-state index is 12.6. The van der Waals surface area contributed by atoms with E-state index in [1.54, 1.807) is 15.9 Å². The van der Waals surface area contributed by atoms with Crippen LogP contribution in [0.15, 0.2) is 6.07 Å². The quantitative estimate of drug-likeness (QED) is 0.561. The molecule has 0 aliphatic carbocycles. The van der Waals surface area contributed by atoms with Gasteiger partial charge in [-0.05, 0) is 40.1 Å². The molecule has 1 aliphatic heterocycles. The van der Waals surface area contributed by atoms with Crippen molar-refractivity contribution < 1.29 is 9.59 Å². The van der Waals surface area contributed by atoms with Crippen molar-refractivity contribution in [2.45, 2.75) is 13.3 Å². The molecule has 1 aromatic heterocycles. The normalized spacial score (nSPS) is 14.8. The van der Waals surface area contributed by atoms with Crippen LogP contribution in [0.4, 0.5) is 5.95 Å². The Hall–Kier alpha value is -2.22. The van der Waals surface area contributed by atoms with E-state index in [2.05, 4.69) is 20.2 Å². The first-order valence-electron chi connectivity index (χ1n) is 8.22. The summed E-state index contributed by atoms with van der Waals surface area (Å²) in [5.41, 5.74) is 1.16. The SMILES string of the molecule is Cc1cc(C(=O)N2CCN(C=O)CC2)nc(NCCCN(C)C)n1. The summed E-state index contributed by atoms with van der Waals surface area (Å²) in [5.74, 6) is 0.381. The van der Waals surface area contributed by atoms with Crippen LogP contribution >= 0.6 is 0 Å². The van der Waals surface area contributed by atoms with Crippen LogP contribution in [0.3, 0.4) is 0 Å². The highest BCUT2D eigenvalue weighted by Crippen LogP contribution is 2.10. The van der Waals surface area contributed by atoms with E-state index >= 15 is 0 Å². The number of hydrogen-bond acceptors (Lipinski definition) is 6. The average molecular weight is 334 g/mol. The van der Waals surface area contributed by atoms with Gasteiger partial charge in [-0.15, -0.1) is 0 Å². The van der Waals surface area contributed by atoms with Gasteiger partial charge in [0, 0.05) is 38.4 Å². The lowest BCUT2D eigenvalue weighted by Crippen LogP contribution is -2.48. The van der Waals surface area contributed by atoms with E-state index in [0.717, 1.165) is 31.6 Å². The summed E-state index contributed by atoms with van der Waals surface area (Å²) in [6.07, 6.45) is 1.80. The Bertz CT molecular complexity index is 570. The lowest BCUT2D eigenvalue weighted by molar-refractivity contribution is -0.119. The van der Waals surface area contributed by atoms with E-state index in [1.165, 1.54) is 0 Å². The number of hydrogen-bond donors (Lipinski definition) is 1. The fraction of sp³-hybridized carbons (Fsp3) is 0.625. The summed E-state index contributed by atoms with van der Waals surface area (Å²) in [5, 5.41) is 3.18. The first-order chi connectivity index (χ1) is 11.5. The summed E-state index contributed by atoms with van der Waals surface area (Å²) in [4.78, 5) is 37.6. The number of aryl methyl sites for hydroxylation is 1. The Balaban J connectivity index is 1.97. The predicted octanol–water partition coefficient (Wildman–Crippen LogP) is 0.0628. The van der Waals surface area contributed by atoms with E-state index in [1.807, 2.05) is 21.0 Å². The maximum absolute atomic E-state index is 12.6. The molecule has 0 unspecified atom stereocenters. The molecule has 1 fully saturated rings. The van der Waals surface area contributed by atoms with Crippen molar-refractivity contribution in [2.75, 3.05) is 58.7 Å². The summed E-state index contributed by atoms with van der Waals surface area (Å²) in [7, 11) is 4.06. The van der Waals surface area contributed by atoms with Gasteiger partial charge in [-0.25, -0.2) is 9.97 Å². The fourth-order valence-electron chi connectivity index (χ4n) is 2.55. The van der Waals surface area contributed by atoms with Gasteiger partial charge in [0.05, 0.1) is 0 Å². The molecule has 2 heterocycles. The van der Waals surface area contributed by atoms with E-state index in [0.29, 0.717) is 37.8 Å². The van der Waals surface area contributed by atoms with Gasteiger partial charge in [0.1, 0.15) is 5.69 Å². The minimum atomic E-state index is -0.109. The molecule has 1 aliphatic rings. The molecule has 0 bridgehead atoms. The van der Waals surface area contributed by atoms with Crippen molar-refractivity contribution in [1.29, 1.82) is 0 Å². The fourth-order valence-corrected chi connectivity index (χ4v) is 2.55. The Morgan fingerprint density at radius 3 is 2.62 bits per heavy atom. The molecule has 132 valence electrons. The molecule has 1 aromatic rings. The highest BCUT2D eigenvalue weighted by molar-refractivity contribution is 5.92. The molecule has 24 heavy (non-hydrogen) atoms. The summed E-state index contributed by atoms with van der Waals surface area (Å²) in [6.45, 7) is 5.79. The van der Waals surface area contributed by atoms with Crippen LogP contribution in [0.2, 0.25) is 0 Å². The van der Waals surface area contributed by atoms with Gasteiger partial charge in [-0.2, -0.15) is 0 Å². The van der Waals surface area contributed by atoms with Gasteiger partial charge in [-0.3, -0.25) is 9.59 Å². The Labute approximate surface area is 142 Å². The number of carbonyl (C=O) groups excluding carboxylic acids is 2. The van der Waals surface area contributed by atoms with Crippen LogP contribution in [0.5, 0.6) is 0 Å². The van der Waals surface area contributed by atoms with Crippen LogP contribution in [0.25, 0.3) is 0 Å². The standard InChI is InChI=1S/C16H26N6O2/c1-13-11-14(15(24)22-9-7-21(12-23)8-10-22)19-16(18-13)17-5-4-6-20(2)3/h11-12H,4-10H2,1-3H3,(H,17,18,19). The average Bonchev–Trinajstić information content (AvgIpc) is 2.57. The van der Waals surface area contributed by atoms with Crippen LogP contribution < -0.4 is 5.32 Å². The molecule has 8 heteroatoms. The third kappa shape index (κ3) is 5.16. The zero-order valence-corrected chi connectivity index (χ0v) is 14.7. The smallest absolute Gasteiger partial charge is 0.272 e. The Kier molecular flexibility index (Phi) is 6.48. The van der Waals surface area contributed by atoms with Crippen molar-refractivity contribution in [2.24, 2.45) is 0 Å². The topological polar surface area (TPSA) is 81.7 Å². The highest BCUT2D eigenvalue weighted by Gasteiger charge is 2.23. The molecule has 2 rings (SSSR count). The van der Waals surface area contributed by atoms with Crippen molar-refractivity contribution in [3.8, 4) is 0 Å². The van der Waals surface area contributed by atoms with Crippen molar-refractivity contribution in [3.05, 3.63) is 17.5 Å². The van der Waals surface area contributed by atoms with Gasteiger partial charge in [0.2, 0.25) is 12.4 Å². The Morgan fingerprint density at radius 1 is 1.29 bits per heavy atom. The predicted molar refractivity (Wildman–Crippen MR) is 92.0 cm³/mol. The number of amides is 2. The van der Waals surface area contributed by atoms with E-state index < -0.39 is 0 Å². The molecule has 1 N–H and O–H groups in total. The Morgan fingerprint density at radius 2 is 2.00 bits per heavy atom.